The van der Waals surface area contributed by atoms with E-state index in [1.807, 2.05) is 0 Å². The van der Waals surface area contributed by atoms with Gasteiger partial charge in [0.25, 0.3) is 5.91 Å². The predicted octanol–water partition coefficient (Wildman–Crippen LogP) is 2.59. The predicted molar refractivity (Wildman–Crippen MR) is 78.4 cm³/mol. The first-order chi connectivity index (χ1) is 9.10. The summed E-state index contributed by atoms with van der Waals surface area (Å²) in [4.78, 5) is 12.2. The zero-order valence-electron chi connectivity index (χ0n) is 10.4. The van der Waals surface area contributed by atoms with Crippen LogP contribution < -0.4 is 10.1 Å². The summed E-state index contributed by atoms with van der Waals surface area (Å²) in [6.07, 6.45) is 0.692. The lowest BCUT2D eigenvalue weighted by Crippen LogP contribution is -2.47. The standard InChI is InChI=1S/C13H13BrN2O2S/c1-18-11-3-2-9(6-10(11)14)12(17)16-13(7-15)4-5-19-8-13/h2-3,6H,4-5,8H2,1H3,(H,16,17). The van der Waals surface area contributed by atoms with Crippen LogP contribution in [0.3, 0.4) is 0 Å². The van der Waals surface area contributed by atoms with E-state index in [9.17, 15) is 10.1 Å². The Kier molecular flexibility index (Phi) is 4.38. The SMILES string of the molecule is COc1ccc(C(=O)NC2(C#N)CCSC2)cc1Br. The largest absolute Gasteiger partial charge is 0.496 e. The number of carbonyl (C=O) groups is 1. The normalized spacial score (nSPS) is 21.7. The van der Waals surface area contributed by atoms with Gasteiger partial charge in [-0.2, -0.15) is 17.0 Å². The quantitative estimate of drug-likeness (QED) is 0.918. The van der Waals surface area contributed by atoms with Gasteiger partial charge < -0.3 is 10.1 Å². The van der Waals surface area contributed by atoms with Crippen LogP contribution in [0.25, 0.3) is 0 Å². The van der Waals surface area contributed by atoms with E-state index in [0.29, 0.717) is 23.5 Å². The Morgan fingerprint density at radius 2 is 2.42 bits per heavy atom. The summed E-state index contributed by atoms with van der Waals surface area (Å²) in [6, 6.07) is 7.33. The van der Waals surface area contributed by atoms with E-state index in [-0.39, 0.29) is 5.91 Å². The second kappa shape index (κ2) is 5.85. The number of nitrogens with zero attached hydrogens (tertiary/aromatic N) is 1. The first-order valence-corrected chi connectivity index (χ1v) is 7.70. The van der Waals surface area contributed by atoms with E-state index >= 15 is 0 Å². The number of ether oxygens (including phenoxy) is 1. The number of rotatable bonds is 3. The molecule has 4 nitrogen and oxygen atoms in total. The number of nitriles is 1. The van der Waals surface area contributed by atoms with Gasteiger partial charge in [0.1, 0.15) is 11.3 Å². The molecule has 1 heterocycles. The average molecular weight is 341 g/mol. The summed E-state index contributed by atoms with van der Waals surface area (Å²) < 4.78 is 5.84. The van der Waals surface area contributed by atoms with Gasteiger partial charge in [0, 0.05) is 11.3 Å². The highest BCUT2D eigenvalue weighted by atomic mass is 79.9. The van der Waals surface area contributed by atoms with Crippen molar-refractivity contribution in [1.82, 2.24) is 5.32 Å². The Balaban J connectivity index is 2.16. The van der Waals surface area contributed by atoms with Gasteiger partial charge in [0.2, 0.25) is 0 Å². The fourth-order valence-electron chi connectivity index (χ4n) is 1.88. The van der Waals surface area contributed by atoms with Crippen LogP contribution in [0.2, 0.25) is 0 Å². The van der Waals surface area contributed by atoms with Crippen LogP contribution in [0, 0.1) is 11.3 Å². The molecule has 0 aliphatic carbocycles. The molecule has 0 radical (unpaired) electrons. The number of amides is 1. The molecule has 1 N–H and O–H groups in total. The monoisotopic (exact) mass is 340 g/mol. The van der Waals surface area contributed by atoms with E-state index in [2.05, 4.69) is 27.3 Å². The van der Waals surface area contributed by atoms with Gasteiger partial charge in [-0.05, 0) is 46.3 Å². The molecule has 1 atom stereocenters. The molecule has 0 saturated carbocycles. The van der Waals surface area contributed by atoms with Gasteiger partial charge in [-0.3, -0.25) is 4.79 Å². The molecule has 0 aromatic heterocycles. The Labute approximate surface area is 124 Å². The summed E-state index contributed by atoms with van der Waals surface area (Å²) in [5.41, 5.74) is -0.215. The van der Waals surface area contributed by atoms with Crippen LogP contribution in [0.4, 0.5) is 0 Å². The van der Waals surface area contributed by atoms with Gasteiger partial charge in [0.15, 0.2) is 0 Å². The van der Waals surface area contributed by atoms with Gasteiger partial charge in [-0.15, -0.1) is 0 Å². The number of hydrogen-bond acceptors (Lipinski definition) is 4. The van der Waals surface area contributed by atoms with Crippen molar-refractivity contribution in [3.63, 3.8) is 0 Å². The van der Waals surface area contributed by atoms with Crippen molar-refractivity contribution in [1.29, 1.82) is 5.26 Å². The van der Waals surface area contributed by atoms with Crippen LogP contribution in [0.1, 0.15) is 16.8 Å². The summed E-state index contributed by atoms with van der Waals surface area (Å²) in [5.74, 6) is 1.99. The summed E-state index contributed by atoms with van der Waals surface area (Å²) in [7, 11) is 1.57. The number of methoxy groups -OCH3 is 1. The number of benzene rings is 1. The first kappa shape index (κ1) is 14.2. The lowest BCUT2D eigenvalue weighted by atomic mass is 10.0. The summed E-state index contributed by atoms with van der Waals surface area (Å²) in [5, 5.41) is 12.1. The maximum Gasteiger partial charge on any atom is 0.252 e. The zero-order chi connectivity index (χ0) is 13.9. The minimum Gasteiger partial charge on any atom is -0.496 e. The Morgan fingerprint density at radius 1 is 1.63 bits per heavy atom. The highest BCUT2D eigenvalue weighted by Gasteiger charge is 2.36. The molecule has 100 valence electrons. The maximum absolute atomic E-state index is 12.2. The second-order valence-corrected chi connectivity index (χ2v) is 6.26. The highest BCUT2D eigenvalue weighted by Crippen LogP contribution is 2.29. The molecule has 0 spiro atoms. The van der Waals surface area contributed by atoms with Crippen molar-refractivity contribution < 1.29 is 9.53 Å². The number of halogens is 1. The summed E-state index contributed by atoms with van der Waals surface area (Å²) in [6.45, 7) is 0. The van der Waals surface area contributed by atoms with E-state index in [0.717, 1.165) is 10.2 Å². The van der Waals surface area contributed by atoms with Crippen molar-refractivity contribution in [3.05, 3.63) is 28.2 Å². The Morgan fingerprint density at radius 3 is 2.95 bits per heavy atom. The molecule has 19 heavy (non-hydrogen) atoms. The molecular formula is C13H13BrN2O2S. The fraction of sp³-hybridized carbons (Fsp3) is 0.385. The number of nitrogens with one attached hydrogen (secondary N) is 1. The molecule has 1 aromatic carbocycles. The molecule has 1 aromatic rings. The lowest BCUT2D eigenvalue weighted by molar-refractivity contribution is 0.0926. The first-order valence-electron chi connectivity index (χ1n) is 5.75. The third-order valence-corrected chi connectivity index (χ3v) is 4.81. The molecule has 0 bridgehead atoms. The molecular weight excluding hydrogens is 328 g/mol. The van der Waals surface area contributed by atoms with Crippen molar-refractivity contribution in [2.75, 3.05) is 18.6 Å². The Hall–Kier alpha value is -1.19. The van der Waals surface area contributed by atoms with E-state index in [1.54, 1.807) is 37.1 Å². The van der Waals surface area contributed by atoms with Gasteiger partial charge >= 0.3 is 0 Å². The van der Waals surface area contributed by atoms with E-state index in [4.69, 9.17) is 4.74 Å². The third-order valence-electron chi connectivity index (χ3n) is 3.00. The van der Waals surface area contributed by atoms with Crippen LogP contribution in [0.15, 0.2) is 22.7 Å². The number of carbonyl (C=O) groups excluding carboxylic acids is 1. The molecule has 1 unspecified atom stereocenters. The molecule has 2 rings (SSSR count). The van der Waals surface area contributed by atoms with Gasteiger partial charge in [0.05, 0.1) is 17.7 Å². The van der Waals surface area contributed by atoms with Crippen molar-refractivity contribution in [2.24, 2.45) is 0 Å². The molecule has 6 heteroatoms. The van der Waals surface area contributed by atoms with Crippen LogP contribution in [-0.4, -0.2) is 30.1 Å². The molecule has 1 fully saturated rings. The number of hydrogen-bond donors (Lipinski definition) is 1. The highest BCUT2D eigenvalue weighted by molar-refractivity contribution is 9.10. The van der Waals surface area contributed by atoms with Crippen molar-refractivity contribution in [3.8, 4) is 11.8 Å². The minimum atomic E-state index is -0.728. The second-order valence-electron chi connectivity index (χ2n) is 4.30. The molecule has 1 saturated heterocycles. The van der Waals surface area contributed by atoms with E-state index in [1.165, 1.54) is 0 Å². The Bertz CT molecular complexity index is 536. The molecule has 1 aliphatic rings. The number of thioether (sulfide) groups is 1. The maximum atomic E-state index is 12.2. The van der Waals surface area contributed by atoms with Gasteiger partial charge in [-0.25, -0.2) is 0 Å². The minimum absolute atomic E-state index is 0.229. The van der Waals surface area contributed by atoms with Gasteiger partial charge in [-0.1, -0.05) is 0 Å². The lowest BCUT2D eigenvalue weighted by Gasteiger charge is -2.21. The smallest absolute Gasteiger partial charge is 0.252 e. The average Bonchev–Trinajstić information content (AvgIpc) is 2.87. The summed E-state index contributed by atoms with van der Waals surface area (Å²) >= 11 is 5.03. The van der Waals surface area contributed by atoms with Crippen molar-refractivity contribution >= 4 is 33.6 Å². The fourth-order valence-corrected chi connectivity index (χ4v) is 3.68. The third kappa shape index (κ3) is 3.04. The van der Waals surface area contributed by atoms with Crippen LogP contribution >= 0.6 is 27.7 Å². The van der Waals surface area contributed by atoms with Crippen LogP contribution in [-0.2, 0) is 0 Å². The topological polar surface area (TPSA) is 62.1 Å². The van der Waals surface area contributed by atoms with Crippen LogP contribution in [0.5, 0.6) is 5.75 Å². The van der Waals surface area contributed by atoms with E-state index < -0.39 is 5.54 Å². The molecule has 1 amide bonds. The zero-order valence-corrected chi connectivity index (χ0v) is 12.8. The molecule has 1 aliphatic heterocycles. The van der Waals surface area contributed by atoms with Crippen molar-refractivity contribution in [2.45, 2.75) is 12.0 Å².